The predicted octanol–water partition coefficient (Wildman–Crippen LogP) is 3.58. The molecule has 13 nitrogen and oxygen atoms in total. The van der Waals surface area contributed by atoms with Crippen LogP contribution in [-0.2, 0) is 13.0 Å². The monoisotopic (exact) mass is 632 g/mol. The molecule has 46 heavy (non-hydrogen) atoms. The second-order valence-electron chi connectivity index (χ2n) is 11.4. The Morgan fingerprint density at radius 2 is 1.78 bits per heavy atom. The number of nitrogens with one attached hydrogen (secondary N) is 1. The third kappa shape index (κ3) is 5.71. The molecule has 1 aromatic carbocycles. The van der Waals surface area contributed by atoms with Crippen molar-refractivity contribution >= 4 is 17.6 Å². The van der Waals surface area contributed by atoms with Crippen LogP contribution < -0.4 is 21.3 Å². The molecule has 0 radical (unpaired) electrons. The molecule has 5 heterocycles. The standard InChI is InChI=1S/C31H30F2N8O5/c1-17(2)40-14-20(29(43)41(31(40)45)26-6-5-18(3)13-34-26)27(42)37-23-11-22(33)25(12-21(23)32)46-28-19-7-10-39(15-24(19)35-16-36-28)30(44)38-8-4-9-38/h5-6,11-14,16-17H,4,7-10,15H2,1-3H3,(H,37,42). The van der Waals surface area contributed by atoms with Gasteiger partial charge in [0, 0.05) is 55.8 Å². The van der Waals surface area contributed by atoms with Gasteiger partial charge in [0.25, 0.3) is 11.5 Å². The van der Waals surface area contributed by atoms with Gasteiger partial charge < -0.3 is 19.9 Å². The number of ether oxygens (including phenoxy) is 1. The Labute approximate surface area is 261 Å². The zero-order valence-corrected chi connectivity index (χ0v) is 25.3. The van der Waals surface area contributed by atoms with Crippen LogP contribution in [0.5, 0.6) is 11.6 Å². The zero-order valence-electron chi connectivity index (χ0n) is 25.3. The number of urea groups is 1. The minimum atomic E-state index is -1.06. The van der Waals surface area contributed by atoms with E-state index < -0.39 is 51.8 Å². The highest BCUT2D eigenvalue weighted by Gasteiger charge is 2.31. The number of nitrogens with zero attached hydrogens (tertiary/aromatic N) is 7. The maximum atomic E-state index is 15.3. The van der Waals surface area contributed by atoms with Crippen molar-refractivity contribution in [2.75, 3.05) is 25.0 Å². The van der Waals surface area contributed by atoms with E-state index in [1.807, 2.05) is 0 Å². The molecule has 0 aliphatic carbocycles. The number of hydrogen-bond acceptors (Lipinski definition) is 8. The molecular formula is C31H30F2N8O5. The summed E-state index contributed by atoms with van der Waals surface area (Å²) >= 11 is 0. The average Bonchev–Trinajstić information content (AvgIpc) is 2.99. The summed E-state index contributed by atoms with van der Waals surface area (Å²) in [6.45, 7) is 7.21. The Bertz CT molecular complexity index is 1970. The van der Waals surface area contributed by atoms with Gasteiger partial charge in [-0.3, -0.25) is 14.2 Å². The van der Waals surface area contributed by atoms with E-state index in [1.54, 1.807) is 36.6 Å². The normalized spacial score (nSPS) is 14.1. The summed E-state index contributed by atoms with van der Waals surface area (Å²) in [4.78, 5) is 68.3. The number of pyridine rings is 1. The van der Waals surface area contributed by atoms with Crippen LogP contribution in [0.2, 0.25) is 0 Å². The molecule has 1 saturated heterocycles. The van der Waals surface area contributed by atoms with Crippen LogP contribution in [0.25, 0.3) is 5.82 Å². The van der Waals surface area contributed by atoms with Crippen LogP contribution in [-0.4, -0.2) is 65.5 Å². The number of benzene rings is 1. The van der Waals surface area contributed by atoms with Crippen LogP contribution in [0.15, 0.2) is 52.6 Å². The molecule has 0 bridgehead atoms. The van der Waals surface area contributed by atoms with Gasteiger partial charge in [-0.15, -0.1) is 0 Å². The van der Waals surface area contributed by atoms with E-state index in [0.29, 0.717) is 24.2 Å². The number of carbonyl (C=O) groups excluding carboxylic acids is 2. The lowest BCUT2D eigenvalue weighted by Crippen LogP contribution is -2.51. The van der Waals surface area contributed by atoms with Crippen molar-refractivity contribution in [1.82, 2.24) is 33.9 Å². The molecule has 0 spiro atoms. The lowest BCUT2D eigenvalue weighted by Gasteiger charge is -2.37. The minimum absolute atomic E-state index is 0.00531. The van der Waals surface area contributed by atoms with Crippen molar-refractivity contribution in [2.45, 2.75) is 46.2 Å². The molecule has 6 rings (SSSR count). The first kappa shape index (κ1) is 30.6. The lowest BCUT2D eigenvalue weighted by molar-refractivity contribution is 0.102. The largest absolute Gasteiger partial charge is 0.435 e. The highest BCUT2D eigenvalue weighted by molar-refractivity contribution is 6.04. The van der Waals surface area contributed by atoms with Gasteiger partial charge in [-0.2, -0.15) is 0 Å². The number of rotatable bonds is 6. The quantitative estimate of drug-likeness (QED) is 0.340. The summed E-state index contributed by atoms with van der Waals surface area (Å²) in [6, 6.07) is 4.09. The predicted molar refractivity (Wildman–Crippen MR) is 161 cm³/mol. The van der Waals surface area contributed by atoms with Crippen molar-refractivity contribution < 1.29 is 23.1 Å². The highest BCUT2D eigenvalue weighted by atomic mass is 19.1. The molecular weight excluding hydrogens is 602 g/mol. The van der Waals surface area contributed by atoms with Gasteiger partial charge in [0.2, 0.25) is 5.88 Å². The molecule has 4 aromatic rings. The lowest BCUT2D eigenvalue weighted by atomic mass is 10.1. The number of hydrogen-bond donors (Lipinski definition) is 1. The second-order valence-corrected chi connectivity index (χ2v) is 11.4. The molecule has 15 heteroatoms. The van der Waals surface area contributed by atoms with Gasteiger partial charge in [0.1, 0.15) is 17.7 Å². The van der Waals surface area contributed by atoms with Gasteiger partial charge in [-0.25, -0.2) is 37.9 Å². The number of anilines is 1. The van der Waals surface area contributed by atoms with Crippen molar-refractivity contribution in [3.05, 3.63) is 97.8 Å². The van der Waals surface area contributed by atoms with Crippen LogP contribution in [0, 0.1) is 18.6 Å². The first-order chi connectivity index (χ1) is 22.0. The molecule has 2 aliphatic rings. The van der Waals surface area contributed by atoms with E-state index >= 15 is 8.78 Å². The first-order valence-electron chi connectivity index (χ1n) is 14.7. The van der Waals surface area contributed by atoms with Crippen molar-refractivity contribution in [3.8, 4) is 17.4 Å². The first-order valence-corrected chi connectivity index (χ1v) is 14.7. The Morgan fingerprint density at radius 1 is 1.00 bits per heavy atom. The third-order valence-electron chi connectivity index (χ3n) is 7.88. The highest BCUT2D eigenvalue weighted by Crippen LogP contribution is 2.32. The van der Waals surface area contributed by atoms with Gasteiger partial charge in [-0.1, -0.05) is 6.07 Å². The summed E-state index contributed by atoms with van der Waals surface area (Å²) in [5.74, 6) is -3.58. The average molecular weight is 633 g/mol. The Hall–Kier alpha value is -5.47. The second kappa shape index (κ2) is 12.1. The molecule has 1 N–H and O–H groups in total. The van der Waals surface area contributed by atoms with Crippen LogP contribution >= 0.6 is 0 Å². The maximum Gasteiger partial charge on any atom is 0.337 e. The zero-order chi connectivity index (χ0) is 32.7. The van der Waals surface area contributed by atoms with E-state index in [1.165, 1.54) is 23.2 Å². The van der Waals surface area contributed by atoms with Crippen LogP contribution in [0.4, 0.5) is 19.3 Å². The number of aromatic nitrogens is 5. The molecule has 0 atom stereocenters. The van der Waals surface area contributed by atoms with E-state index in [4.69, 9.17) is 4.74 Å². The summed E-state index contributed by atoms with van der Waals surface area (Å²) in [7, 11) is 0. The molecule has 0 unspecified atom stereocenters. The van der Waals surface area contributed by atoms with Crippen molar-refractivity contribution in [3.63, 3.8) is 0 Å². The fourth-order valence-electron chi connectivity index (χ4n) is 5.17. The molecule has 2 aliphatic heterocycles. The Balaban J connectivity index is 1.25. The molecule has 3 amide bonds. The third-order valence-corrected chi connectivity index (χ3v) is 7.88. The smallest absolute Gasteiger partial charge is 0.337 e. The molecule has 1 fully saturated rings. The van der Waals surface area contributed by atoms with Crippen molar-refractivity contribution in [1.29, 1.82) is 0 Å². The summed E-state index contributed by atoms with van der Waals surface area (Å²) in [5, 5.41) is 2.23. The fourth-order valence-corrected chi connectivity index (χ4v) is 5.17. The van der Waals surface area contributed by atoms with Gasteiger partial charge in [0.05, 0.1) is 17.9 Å². The van der Waals surface area contributed by atoms with E-state index in [2.05, 4.69) is 20.3 Å². The fraction of sp³-hybridized carbons (Fsp3) is 0.323. The summed E-state index contributed by atoms with van der Waals surface area (Å²) in [6.07, 6.45) is 5.11. The maximum absolute atomic E-state index is 15.3. The number of halogens is 2. The summed E-state index contributed by atoms with van der Waals surface area (Å²) in [5.41, 5.74) is -0.813. The number of aryl methyl sites for hydroxylation is 1. The molecule has 238 valence electrons. The van der Waals surface area contributed by atoms with Crippen LogP contribution in [0.3, 0.4) is 0 Å². The van der Waals surface area contributed by atoms with Gasteiger partial charge >= 0.3 is 11.7 Å². The number of likely N-dealkylation sites (tertiary alicyclic amines) is 1. The minimum Gasteiger partial charge on any atom is -0.435 e. The number of carbonyl (C=O) groups is 2. The van der Waals surface area contributed by atoms with Crippen LogP contribution in [0.1, 0.15) is 53.5 Å². The molecule has 0 saturated carbocycles. The van der Waals surface area contributed by atoms with E-state index in [-0.39, 0.29) is 24.3 Å². The number of fused-ring (bicyclic) bond motifs is 1. The molecule has 3 aromatic heterocycles. The Morgan fingerprint density at radius 3 is 2.46 bits per heavy atom. The van der Waals surface area contributed by atoms with E-state index in [0.717, 1.165) is 48.0 Å². The van der Waals surface area contributed by atoms with E-state index in [9.17, 15) is 19.2 Å². The topological polar surface area (TPSA) is 145 Å². The Kier molecular flexibility index (Phi) is 8.06. The van der Waals surface area contributed by atoms with Crippen molar-refractivity contribution in [2.24, 2.45) is 0 Å². The van der Waals surface area contributed by atoms with Gasteiger partial charge in [0.15, 0.2) is 17.4 Å². The SMILES string of the molecule is Cc1ccc(-n2c(=O)c(C(=O)Nc3cc(F)c(Oc4ncnc5c4CCN(C(=O)N4CCC4)C5)cc3F)cn(C(C)C)c2=O)nc1. The number of amides is 3. The summed E-state index contributed by atoms with van der Waals surface area (Å²) < 4.78 is 38.1. The van der Waals surface area contributed by atoms with Gasteiger partial charge in [-0.05, 0) is 45.2 Å².